The molecule has 0 aliphatic heterocycles. The molecule has 5 nitrogen and oxygen atoms in total. The van der Waals surface area contributed by atoms with Crippen LogP contribution < -0.4 is 4.74 Å². The number of para-hydroxylation sites is 1. The molecule has 0 spiro atoms. The van der Waals surface area contributed by atoms with Crippen LogP contribution in [0.4, 0.5) is 0 Å². The minimum Gasteiger partial charge on any atom is -0.488 e. The van der Waals surface area contributed by atoms with E-state index < -0.39 is 11.4 Å². The lowest BCUT2D eigenvalue weighted by Gasteiger charge is -2.25. The van der Waals surface area contributed by atoms with Crippen LogP contribution in [0.3, 0.4) is 0 Å². The van der Waals surface area contributed by atoms with Gasteiger partial charge in [0, 0.05) is 22.6 Å². The van der Waals surface area contributed by atoms with E-state index >= 15 is 0 Å². The summed E-state index contributed by atoms with van der Waals surface area (Å²) in [5, 5.41) is 15.3. The first-order valence-electron chi connectivity index (χ1n) is 11.8. The molecule has 0 atom stereocenters. The largest absolute Gasteiger partial charge is 0.488 e. The van der Waals surface area contributed by atoms with Crippen LogP contribution in [-0.2, 0) is 16.8 Å². The smallest absolute Gasteiger partial charge is 0.313 e. The molecule has 7 heteroatoms. The van der Waals surface area contributed by atoms with Crippen LogP contribution >= 0.6 is 23.2 Å². The zero-order chi connectivity index (χ0) is 25.4. The Bertz CT molecular complexity index is 1400. The van der Waals surface area contributed by atoms with Crippen LogP contribution in [0, 0.1) is 0 Å². The average molecular weight is 522 g/mol. The van der Waals surface area contributed by atoms with Crippen molar-refractivity contribution in [2.24, 2.45) is 0 Å². The van der Waals surface area contributed by atoms with E-state index in [0.717, 1.165) is 35.3 Å². The van der Waals surface area contributed by atoms with E-state index in [1.54, 1.807) is 38.1 Å². The maximum Gasteiger partial charge on any atom is 0.313 e. The van der Waals surface area contributed by atoms with Gasteiger partial charge in [-0.1, -0.05) is 83.0 Å². The second kappa shape index (κ2) is 9.64. The molecule has 184 valence electrons. The van der Waals surface area contributed by atoms with Gasteiger partial charge in [0.1, 0.15) is 23.8 Å². The van der Waals surface area contributed by atoms with Gasteiger partial charge < -0.3 is 14.4 Å². The van der Waals surface area contributed by atoms with Crippen molar-refractivity contribution in [1.29, 1.82) is 0 Å². The molecule has 0 unspecified atom stereocenters. The molecular formula is C29H25Cl2NO4. The second-order valence-corrected chi connectivity index (χ2v) is 10.3. The lowest BCUT2D eigenvalue weighted by molar-refractivity contribution is -0.142. The highest BCUT2D eigenvalue weighted by Crippen LogP contribution is 2.47. The number of hydrogen-bond donors (Lipinski definition) is 1. The molecule has 1 N–H and O–H groups in total. The Hall–Kier alpha value is -3.28. The minimum absolute atomic E-state index is 0.124. The Balaban J connectivity index is 1.62. The van der Waals surface area contributed by atoms with Gasteiger partial charge in [0.25, 0.3) is 0 Å². The summed E-state index contributed by atoms with van der Waals surface area (Å²) >= 11 is 13.0. The first kappa shape index (κ1) is 24.4. The molecule has 1 aliphatic rings. The fourth-order valence-corrected chi connectivity index (χ4v) is 4.91. The van der Waals surface area contributed by atoms with Crippen LogP contribution in [0.1, 0.15) is 49.5 Å². The van der Waals surface area contributed by atoms with Crippen LogP contribution in [0.5, 0.6) is 5.75 Å². The standard InChI is InChI=1S/C29H25Cl2NO4/c1-29(2,28(33)34)21-11-6-10-19(17-8-4-3-5-9-17)27(21)35-16-20-25(32-36-26(20)18-14-15-18)24-22(30)12-7-13-23(24)31/h3-13,18H,14-16H2,1-2H3,(H,33,34). The first-order valence-corrected chi connectivity index (χ1v) is 12.5. The molecule has 4 aromatic rings. The van der Waals surface area contributed by atoms with Gasteiger partial charge in [0.2, 0.25) is 0 Å². The summed E-state index contributed by atoms with van der Waals surface area (Å²) in [6.07, 6.45) is 2.02. The Morgan fingerprint density at radius 3 is 2.33 bits per heavy atom. The van der Waals surface area contributed by atoms with Crippen molar-refractivity contribution < 1.29 is 19.2 Å². The van der Waals surface area contributed by atoms with Crippen molar-refractivity contribution >= 4 is 29.2 Å². The number of aliphatic carboxylic acids is 1. The summed E-state index contributed by atoms with van der Waals surface area (Å²) in [4.78, 5) is 12.2. The number of halogens is 2. The number of benzene rings is 3. The summed E-state index contributed by atoms with van der Waals surface area (Å²) in [5.41, 5.74) is 3.05. The van der Waals surface area contributed by atoms with Crippen molar-refractivity contribution in [2.75, 3.05) is 0 Å². The Labute approximate surface area is 219 Å². The molecule has 0 saturated heterocycles. The van der Waals surface area contributed by atoms with E-state index in [1.807, 2.05) is 42.5 Å². The van der Waals surface area contributed by atoms with Gasteiger partial charge in [0.05, 0.1) is 21.0 Å². The van der Waals surface area contributed by atoms with Crippen molar-refractivity contribution in [3.05, 3.63) is 93.7 Å². The van der Waals surface area contributed by atoms with Gasteiger partial charge in [-0.15, -0.1) is 0 Å². The molecule has 1 aliphatic carbocycles. The highest BCUT2D eigenvalue weighted by atomic mass is 35.5. The summed E-state index contributed by atoms with van der Waals surface area (Å²) in [5.74, 6) is 0.600. The first-order chi connectivity index (χ1) is 17.3. The van der Waals surface area contributed by atoms with Crippen LogP contribution in [0.15, 0.2) is 71.3 Å². The number of nitrogens with zero attached hydrogens (tertiary/aromatic N) is 1. The van der Waals surface area contributed by atoms with Crippen molar-refractivity contribution in [3.63, 3.8) is 0 Å². The molecule has 36 heavy (non-hydrogen) atoms. The summed E-state index contributed by atoms with van der Waals surface area (Å²) in [6, 6.07) is 20.7. The zero-order valence-electron chi connectivity index (χ0n) is 19.9. The second-order valence-electron chi connectivity index (χ2n) is 9.51. The van der Waals surface area contributed by atoms with Crippen LogP contribution in [-0.4, -0.2) is 16.2 Å². The summed E-state index contributed by atoms with van der Waals surface area (Å²) in [7, 11) is 0. The van der Waals surface area contributed by atoms with E-state index in [-0.39, 0.29) is 12.5 Å². The molecule has 1 saturated carbocycles. The maximum atomic E-state index is 12.2. The van der Waals surface area contributed by atoms with Gasteiger partial charge in [-0.2, -0.15) is 0 Å². The lowest BCUT2D eigenvalue weighted by Crippen LogP contribution is -2.29. The SMILES string of the molecule is CC(C)(C(=O)O)c1cccc(-c2ccccc2)c1OCc1c(-c2c(Cl)cccc2Cl)noc1C1CC1. The van der Waals surface area contributed by atoms with Gasteiger partial charge in [0.15, 0.2) is 0 Å². The number of carboxylic acid groups (broad SMARTS) is 1. The van der Waals surface area contributed by atoms with Crippen LogP contribution in [0.25, 0.3) is 22.4 Å². The van der Waals surface area contributed by atoms with Crippen molar-refractivity contribution in [3.8, 4) is 28.1 Å². The molecule has 5 rings (SSSR count). The van der Waals surface area contributed by atoms with Crippen molar-refractivity contribution in [2.45, 2.75) is 44.6 Å². The molecule has 1 heterocycles. The lowest BCUT2D eigenvalue weighted by atomic mass is 9.82. The normalized spacial score (nSPS) is 13.6. The Morgan fingerprint density at radius 2 is 1.69 bits per heavy atom. The number of rotatable bonds is 8. The molecule has 0 amide bonds. The number of aromatic nitrogens is 1. The zero-order valence-corrected chi connectivity index (χ0v) is 21.4. The highest BCUT2D eigenvalue weighted by molar-refractivity contribution is 6.39. The summed E-state index contributed by atoms with van der Waals surface area (Å²) in [6.45, 7) is 3.48. The Morgan fingerprint density at radius 1 is 1.03 bits per heavy atom. The third-order valence-electron chi connectivity index (χ3n) is 6.63. The number of carboxylic acids is 1. The third kappa shape index (κ3) is 4.49. The number of ether oxygens (including phenoxy) is 1. The van der Waals surface area contributed by atoms with Gasteiger partial charge >= 0.3 is 5.97 Å². The maximum absolute atomic E-state index is 12.2. The fraction of sp³-hybridized carbons (Fsp3) is 0.241. The highest BCUT2D eigenvalue weighted by Gasteiger charge is 2.36. The number of carbonyl (C=O) groups is 1. The third-order valence-corrected chi connectivity index (χ3v) is 7.26. The fourth-order valence-electron chi connectivity index (χ4n) is 4.34. The van der Waals surface area contributed by atoms with Crippen molar-refractivity contribution in [1.82, 2.24) is 5.16 Å². The number of hydrogen-bond acceptors (Lipinski definition) is 4. The molecule has 1 aromatic heterocycles. The molecule has 0 radical (unpaired) electrons. The van der Waals surface area contributed by atoms with Gasteiger partial charge in [-0.3, -0.25) is 4.79 Å². The topological polar surface area (TPSA) is 72.6 Å². The molecule has 3 aromatic carbocycles. The van der Waals surface area contributed by atoms with E-state index in [9.17, 15) is 9.90 Å². The predicted octanol–water partition coefficient (Wildman–Crippen LogP) is 8.13. The van der Waals surface area contributed by atoms with E-state index in [4.69, 9.17) is 32.5 Å². The monoisotopic (exact) mass is 521 g/mol. The quantitative estimate of drug-likeness (QED) is 0.253. The predicted molar refractivity (Wildman–Crippen MR) is 141 cm³/mol. The molecule has 0 bridgehead atoms. The molecular weight excluding hydrogens is 497 g/mol. The Kier molecular flexibility index (Phi) is 6.54. The minimum atomic E-state index is -1.18. The molecule has 1 fully saturated rings. The average Bonchev–Trinajstić information content (AvgIpc) is 3.63. The van der Waals surface area contributed by atoms with Gasteiger partial charge in [-0.05, 0) is 44.4 Å². The van der Waals surface area contributed by atoms with Crippen LogP contribution in [0.2, 0.25) is 10.0 Å². The summed E-state index contributed by atoms with van der Waals surface area (Å²) < 4.78 is 12.3. The van der Waals surface area contributed by atoms with E-state index in [2.05, 4.69) is 5.16 Å². The van der Waals surface area contributed by atoms with Gasteiger partial charge in [-0.25, -0.2) is 0 Å². The van der Waals surface area contributed by atoms with E-state index in [0.29, 0.717) is 32.6 Å². The van der Waals surface area contributed by atoms with E-state index in [1.165, 1.54) is 0 Å².